The number of anilines is 2. The minimum Gasteiger partial charge on any atom is -0.308 e. The molecule has 0 unspecified atom stereocenters. The van der Waals surface area contributed by atoms with Crippen molar-refractivity contribution in [2.45, 2.75) is 33.1 Å². The van der Waals surface area contributed by atoms with Gasteiger partial charge < -0.3 is 10.6 Å². The van der Waals surface area contributed by atoms with Crippen LogP contribution in [0.5, 0.6) is 0 Å². The minimum absolute atomic E-state index is 0.0351. The second-order valence-corrected chi connectivity index (χ2v) is 6.51. The number of benzene rings is 2. The molecule has 23 heavy (non-hydrogen) atoms. The lowest BCUT2D eigenvalue weighted by Crippen LogP contribution is -2.22. The van der Waals surface area contributed by atoms with E-state index in [2.05, 4.69) is 31.4 Å². The molecule has 0 radical (unpaired) electrons. The van der Waals surface area contributed by atoms with E-state index in [1.165, 1.54) is 6.92 Å². The van der Waals surface area contributed by atoms with Crippen molar-refractivity contribution in [2.75, 3.05) is 10.6 Å². The van der Waals surface area contributed by atoms with Crippen LogP contribution in [0.4, 0.5) is 16.2 Å². The van der Waals surface area contributed by atoms with Crippen LogP contribution in [-0.4, -0.2) is 11.8 Å². The Bertz CT molecular complexity index is 730. The van der Waals surface area contributed by atoms with Crippen LogP contribution in [0.2, 0.25) is 0 Å². The highest BCUT2D eigenvalue weighted by atomic mass is 16.2. The van der Waals surface area contributed by atoms with Crippen LogP contribution in [0.25, 0.3) is 0 Å². The second kappa shape index (κ2) is 6.65. The highest BCUT2D eigenvalue weighted by molar-refractivity contribution is 6.01. The number of hydrogen-bond donors (Lipinski definition) is 2. The normalized spacial score (nSPS) is 11.0. The molecule has 0 bridgehead atoms. The highest BCUT2D eigenvalue weighted by Crippen LogP contribution is 2.29. The van der Waals surface area contributed by atoms with Crippen LogP contribution in [-0.2, 0) is 5.41 Å². The van der Waals surface area contributed by atoms with E-state index in [4.69, 9.17) is 0 Å². The Balaban J connectivity index is 2.15. The lowest BCUT2D eigenvalue weighted by atomic mass is 9.86. The molecule has 2 aromatic rings. The Morgan fingerprint density at radius 2 is 1.61 bits per heavy atom. The third kappa shape index (κ3) is 4.42. The molecule has 0 spiro atoms. The van der Waals surface area contributed by atoms with Gasteiger partial charge in [-0.1, -0.05) is 51.1 Å². The van der Waals surface area contributed by atoms with Crippen LogP contribution in [0.1, 0.15) is 43.6 Å². The van der Waals surface area contributed by atoms with Crippen LogP contribution in [0.15, 0.2) is 48.5 Å². The fourth-order valence-corrected chi connectivity index (χ4v) is 2.35. The zero-order valence-electron chi connectivity index (χ0n) is 13.9. The molecule has 2 rings (SSSR count). The first kappa shape index (κ1) is 16.7. The molecule has 0 atom stereocenters. The van der Waals surface area contributed by atoms with E-state index >= 15 is 0 Å². The summed E-state index contributed by atoms with van der Waals surface area (Å²) in [6.45, 7) is 7.80. The maximum Gasteiger partial charge on any atom is 0.323 e. The molecule has 0 aliphatic carbocycles. The summed E-state index contributed by atoms with van der Waals surface area (Å²) in [4.78, 5) is 23.6. The Morgan fingerprint density at radius 1 is 0.913 bits per heavy atom. The van der Waals surface area contributed by atoms with E-state index in [-0.39, 0.29) is 17.2 Å². The molecule has 0 heterocycles. The predicted molar refractivity (Wildman–Crippen MR) is 94.2 cm³/mol. The van der Waals surface area contributed by atoms with Gasteiger partial charge in [-0.3, -0.25) is 4.79 Å². The fraction of sp³-hybridized carbons (Fsp3) is 0.263. The number of carbonyl (C=O) groups excluding carboxylic acids is 2. The lowest BCUT2D eigenvalue weighted by molar-refractivity contribution is 0.101. The first-order valence-electron chi connectivity index (χ1n) is 7.56. The molecule has 0 saturated carbocycles. The molecule has 4 nitrogen and oxygen atoms in total. The number of carbonyl (C=O) groups is 2. The summed E-state index contributed by atoms with van der Waals surface area (Å²) in [6.07, 6.45) is 0. The highest BCUT2D eigenvalue weighted by Gasteiger charge is 2.18. The van der Waals surface area contributed by atoms with Crippen molar-refractivity contribution >= 4 is 23.2 Å². The maximum absolute atomic E-state index is 12.2. The Hall–Kier alpha value is -2.62. The summed E-state index contributed by atoms with van der Waals surface area (Å²) in [5.41, 5.74) is 2.92. The summed E-state index contributed by atoms with van der Waals surface area (Å²) in [5, 5.41) is 5.64. The van der Waals surface area contributed by atoms with Gasteiger partial charge in [-0.15, -0.1) is 0 Å². The number of ketones is 1. The quantitative estimate of drug-likeness (QED) is 0.798. The molecule has 0 aliphatic heterocycles. The summed E-state index contributed by atoms with van der Waals surface area (Å²) in [7, 11) is 0. The zero-order valence-corrected chi connectivity index (χ0v) is 13.9. The monoisotopic (exact) mass is 310 g/mol. The zero-order chi connectivity index (χ0) is 17.0. The molecule has 4 heteroatoms. The lowest BCUT2D eigenvalue weighted by Gasteiger charge is -2.23. The van der Waals surface area contributed by atoms with E-state index in [1.54, 1.807) is 24.3 Å². The number of Topliss-reactive ketones (excluding diaryl/α,β-unsaturated/α-hetero) is 1. The maximum atomic E-state index is 12.2. The average molecular weight is 310 g/mol. The molecule has 0 saturated heterocycles. The molecule has 120 valence electrons. The molecule has 2 N–H and O–H groups in total. The van der Waals surface area contributed by atoms with Gasteiger partial charge in [0.1, 0.15) is 0 Å². The van der Waals surface area contributed by atoms with Crippen molar-refractivity contribution < 1.29 is 9.59 Å². The molecular weight excluding hydrogens is 288 g/mol. The van der Waals surface area contributed by atoms with Crippen LogP contribution in [0, 0.1) is 0 Å². The molecule has 2 aromatic carbocycles. The summed E-state index contributed by atoms with van der Waals surface area (Å²) in [5.74, 6) is -0.0351. The van der Waals surface area contributed by atoms with Crippen molar-refractivity contribution in [3.8, 4) is 0 Å². The Labute approximate surface area is 136 Å². The second-order valence-electron chi connectivity index (χ2n) is 6.51. The van der Waals surface area contributed by atoms with E-state index in [0.717, 1.165) is 11.3 Å². The predicted octanol–water partition coefficient (Wildman–Crippen LogP) is 4.83. The number of amides is 2. The van der Waals surface area contributed by atoms with Crippen LogP contribution in [0.3, 0.4) is 0 Å². The molecule has 2 amide bonds. The van der Waals surface area contributed by atoms with Crippen molar-refractivity contribution in [3.63, 3.8) is 0 Å². The van der Waals surface area contributed by atoms with Gasteiger partial charge in [0, 0.05) is 16.9 Å². The number of para-hydroxylation sites is 1. The first-order valence-corrected chi connectivity index (χ1v) is 7.56. The topological polar surface area (TPSA) is 58.2 Å². The summed E-state index contributed by atoms with van der Waals surface area (Å²) in [6, 6.07) is 14.3. The number of hydrogen-bond acceptors (Lipinski definition) is 2. The van der Waals surface area contributed by atoms with Gasteiger partial charge in [0.15, 0.2) is 5.78 Å². The molecule has 0 fully saturated rings. The minimum atomic E-state index is -0.331. The van der Waals surface area contributed by atoms with E-state index < -0.39 is 0 Å². The largest absolute Gasteiger partial charge is 0.323 e. The summed E-state index contributed by atoms with van der Waals surface area (Å²) < 4.78 is 0. The van der Waals surface area contributed by atoms with Crippen molar-refractivity contribution in [2.24, 2.45) is 0 Å². The van der Waals surface area contributed by atoms with Gasteiger partial charge in [-0.2, -0.15) is 0 Å². The van der Waals surface area contributed by atoms with E-state index in [0.29, 0.717) is 11.3 Å². The smallest absolute Gasteiger partial charge is 0.308 e. The van der Waals surface area contributed by atoms with Gasteiger partial charge >= 0.3 is 6.03 Å². The molecule has 0 aromatic heterocycles. The van der Waals surface area contributed by atoms with Gasteiger partial charge in [0.25, 0.3) is 0 Å². The Kier molecular flexibility index (Phi) is 4.84. The van der Waals surface area contributed by atoms with Crippen LogP contribution < -0.4 is 10.6 Å². The average Bonchev–Trinajstić information content (AvgIpc) is 2.46. The van der Waals surface area contributed by atoms with Crippen molar-refractivity contribution in [3.05, 3.63) is 59.7 Å². The Morgan fingerprint density at radius 3 is 2.26 bits per heavy atom. The third-order valence-corrected chi connectivity index (χ3v) is 3.51. The number of rotatable bonds is 3. The SMILES string of the molecule is CC(=O)c1cccc(NC(=O)Nc2ccccc2C(C)(C)C)c1. The molecular formula is C19H22N2O2. The van der Waals surface area contributed by atoms with E-state index in [9.17, 15) is 9.59 Å². The summed E-state index contributed by atoms with van der Waals surface area (Å²) >= 11 is 0. The number of urea groups is 1. The van der Waals surface area contributed by atoms with Gasteiger partial charge in [0.05, 0.1) is 0 Å². The first-order chi connectivity index (χ1) is 10.8. The van der Waals surface area contributed by atoms with Crippen molar-refractivity contribution in [1.82, 2.24) is 0 Å². The van der Waals surface area contributed by atoms with E-state index in [1.807, 2.05) is 24.3 Å². The molecule has 0 aliphatic rings. The van der Waals surface area contributed by atoms with Crippen molar-refractivity contribution in [1.29, 1.82) is 0 Å². The standard InChI is InChI=1S/C19H22N2O2/c1-13(22)14-8-7-9-15(12-14)20-18(23)21-17-11-6-5-10-16(17)19(2,3)4/h5-12H,1-4H3,(H2,20,21,23). The fourth-order valence-electron chi connectivity index (χ4n) is 2.35. The van der Waals surface area contributed by atoms with Gasteiger partial charge in [0.2, 0.25) is 0 Å². The van der Waals surface area contributed by atoms with Gasteiger partial charge in [-0.05, 0) is 36.1 Å². The van der Waals surface area contributed by atoms with Gasteiger partial charge in [-0.25, -0.2) is 4.79 Å². The third-order valence-electron chi connectivity index (χ3n) is 3.51. The van der Waals surface area contributed by atoms with Crippen LogP contribution >= 0.6 is 0 Å². The number of nitrogens with one attached hydrogen (secondary N) is 2.